The second-order valence-electron chi connectivity index (χ2n) is 6.10. The molecule has 4 heteroatoms. The SMILES string of the molecule is O=C([O-])[C@H]1CC=CC[C@H]1C(=O)N1CC=C(c2ccccc2)CC1. The third-order valence-electron chi connectivity index (χ3n) is 4.72. The van der Waals surface area contributed by atoms with E-state index in [1.54, 1.807) is 4.90 Å². The zero-order chi connectivity index (χ0) is 16.2. The average Bonchev–Trinajstić information content (AvgIpc) is 2.62. The van der Waals surface area contributed by atoms with Gasteiger partial charge in [0.05, 0.1) is 0 Å². The number of aliphatic carboxylic acids is 1. The zero-order valence-corrected chi connectivity index (χ0v) is 13.0. The lowest BCUT2D eigenvalue weighted by Gasteiger charge is -2.34. The lowest BCUT2D eigenvalue weighted by atomic mass is 9.82. The highest BCUT2D eigenvalue weighted by Gasteiger charge is 2.33. The number of allylic oxidation sites excluding steroid dienone is 2. The molecule has 1 aromatic rings. The second-order valence-corrected chi connectivity index (χ2v) is 6.10. The summed E-state index contributed by atoms with van der Waals surface area (Å²) in [4.78, 5) is 25.7. The largest absolute Gasteiger partial charge is 0.550 e. The number of carboxylic acid groups (broad SMARTS) is 1. The number of carbonyl (C=O) groups excluding carboxylic acids is 2. The summed E-state index contributed by atoms with van der Waals surface area (Å²) in [6.07, 6.45) is 7.48. The molecule has 0 saturated carbocycles. The first-order valence-corrected chi connectivity index (χ1v) is 8.06. The van der Waals surface area contributed by atoms with E-state index in [2.05, 4.69) is 18.2 Å². The van der Waals surface area contributed by atoms with Gasteiger partial charge >= 0.3 is 0 Å². The first-order valence-electron chi connectivity index (χ1n) is 8.06. The molecule has 1 aliphatic heterocycles. The minimum absolute atomic E-state index is 0.0630. The van der Waals surface area contributed by atoms with Gasteiger partial charge in [0.1, 0.15) is 0 Å². The number of carbonyl (C=O) groups is 2. The zero-order valence-electron chi connectivity index (χ0n) is 13.0. The van der Waals surface area contributed by atoms with Crippen LogP contribution in [0, 0.1) is 11.8 Å². The Morgan fingerprint density at radius 1 is 1.04 bits per heavy atom. The van der Waals surface area contributed by atoms with E-state index in [-0.39, 0.29) is 5.91 Å². The monoisotopic (exact) mass is 310 g/mol. The number of amides is 1. The Morgan fingerprint density at radius 3 is 2.35 bits per heavy atom. The maximum atomic E-state index is 12.7. The Bertz CT molecular complexity index is 648. The highest BCUT2D eigenvalue weighted by Crippen LogP contribution is 2.29. The van der Waals surface area contributed by atoms with Gasteiger partial charge in [-0.1, -0.05) is 48.6 Å². The van der Waals surface area contributed by atoms with Crippen molar-refractivity contribution in [2.45, 2.75) is 19.3 Å². The number of hydrogen-bond acceptors (Lipinski definition) is 3. The van der Waals surface area contributed by atoms with Crippen LogP contribution in [-0.2, 0) is 9.59 Å². The molecular formula is C19H20NO3-. The number of hydrogen-bond donors (Lipinski definition) is 0. The Kier molecular flexibility index (Phi) is 4.60. The highest BCUT2D eigenvalue weighted by molar-refractivity contribution is 5.85. The molecule has 1 heterocycles. The molecule has 0 fully saturated rings. The van der Waals surface area contributed by atoms with Crippen LogP contribution in [0.1, 0.15) is 24.8 Å². The summed E-state index contributed by atoms with van der Waals surface area (Å²) in [5, 5.41) is 11.3. The van der Waals surface area contributed by atoms with Crippen LogP contribution in [0.15, 0.2) is 48.6 Å². The van der Waals surface area contributed by atoms with E-state index in [0.717, 1.165) is 6.42 Å². The Labute approximate surface area is 136 Å². The predicted octanol–water partition coefficient (Wildman–Crippen LogP) is 1.63. The first kappa shape index (κ1) is 15.5. The van der Waals surface area contributed by atoms with Crippen LogP contribution in [-0.4, -0.2) is 29.9 Å². The number of carboxylic acids is 1. The summed E-state index contributed by atoms with van der Waals surface area (Å²) < 4.78 is 0. The normalized spacial score (nSPS) is 24.2. The molecule has 0 saturated heterocycles. The topological polar surface area (TPSA) is 60.4 Å². The lowest BCUT2D eigenvalue weighted by Crippen LogP contribution is -2.46. The summed E-state index contributed by atoms with van der Waals surface area (Å²) in [7, 11) is 0. The summed E-state index contributed by atoms with van der Waals surface area (Å²) in [6, 6.07) is 10.1. The fourth-order valence-corrected chi connectivity index (χ4v) is 3.37. The van der Waals surface area contributed by atoms with Crippen molar-refractivity contribution in [1.29, 1.82) is 0 Å². The fraction of sp³-hybridized carbons (Fsp3) is 0.368. The third-order valence-corrected chi connectivity index (χ3v) is 4.72. The molecule has 4 nitrogen and oxygen atoms in total. The molecule has 1 amide bonds. The van der Waals surface area contributed by atoms with E-state index in [0.29, 0.717) is 25.9 Å². The summed E-state index contributed by atoms with van der Waals surface area (Å²) >= 11 is 0. The van der Waals surface area contributed by atoms with Crippen molar-refractivity contribution in [3.8, 4) is 0 Å². The second kappa shape index (κ2) is 6.82. The smallest absolute Gasteiger partial charge is 0.226 e. The maximum absolute atomic E-state index is 12.7. The first-order chi connectivity index (χ1) is 11.2. The molecule has 2 aliphatic rings. The van der Waals surface area contributed by atoms with Gasteiger partial charge in [-0.2, -0.15) is 0 Å². The van der Waals surface area contributed by atoms with Crippen LogP contribution in [0.3, 0.4) is 0 Å². The van der Waals surface area contributed by atoms with Crippen LogP contribution < -0.4 is 5.11 Å². The van der Waals surface area contributed by atoms with Gasteiger partial charge in [-0.05, 0) is 30.4 Å². The predicted molar refractivity (Wildman–Crippen MR) is 86.0 cm³/mol. The summed E-state index contributed by atoms with van der Waals surface area (Å²) in [5.74, 6) is -2.37. The Morgan fingerprint density at radius 2 is 1.74 bits per heavy atom. The average molecular weight is 310 g/mol. The van der Waals surface area contributed by atoms with Gasteiger partial charge < -0.3 is 14.8 Å². The molecule has 0 spiro atoms. The van der Waals surface area contributed by atoms with Crippen LogP contribution in [0.2, 0.25) is 0 Å². The molecule has 3 rings (SSSR count). The van der Waals surface area contributed by atoms with Crippen molar-refractivity contribution >= 4 is 17.4 Å². The van der Waals surface area contributed by atoms with Crippen molar-refractivity contribution in [1.82, 2.24) is 4.90 Å². The maximum Gasteiger partial charge on any atom is 0.226 e. The van der Waals surface area contributed by atoms with Crippen molar-refractivity contribution < 1.29 is 14.7 Å². The van der Waals surface area contributed by atoms with Crippen LogP contribution in [0.25, 0.3) is 5.57 Å². The van der Waals surface area contributed by atoms with Gasteiger partial charge in [0.2, 0.25) is 5.91 Å². The fourth-order valence-electron chi connectivity index (χ4n) is 3.37. The minimum Gasteiger partial charge on any atom is -0.550 e. The molecular weight excluding hydrogens is 290 g/mol. The molecule has 2 atom stereocenters. The quantitative estimate of drug-likeness (QED) is 0.797. The van der Waals surface area contributed by atoms with E-state index in [1.807, 2.05) is 30.4 Å². The third kappa shape index (κ3) is 3.36. The molecule has 0 unspecified atom stereocenters. The molecule has 23 heavy (non-hydrogen) atoms. The summed E-state index contributed by atoms with van der Waals surface area (Å²) in [5.41, 5.74) is 2.43. The van der Waals surface area contributed by atoms with Crippen LogP contribution in [0.5, 0.6) is 0 Å². The molecule has 120 valence electrons. The number of rotatable bonds is 3. The molecule has 0 bridgehead atoms. The molecule has 0 radical (unpaired) electrons. The van der Waals surface area contributed by atoms with Gasteiger partial charge in [-0.15, -0.1) is 0 Å². The lowest BCUT2D eigenvalue weighted by molar-refractivity contribution is -0.313. The van der Waals surface area contributed by atoms with Gasteiger partial charge in [0, 0.05) is 30.9 Å². The standard InChI is InChI=1S/C19H21NO3/c21-18(16-8-4-5-9-17(16)19(22)23)20-12-10-15(11-13-20)14-6-2-1-3-7-14/h1-7,10,16-17H,8-9,11-13H2,(H,22,23)/p-1/t16-,17+/m1/s1. The van der Waals surface area contributed by atoms with Crippen molar-refractivity contribution in [2.75, 3.05) is 13.1 Å². The van der Waals surface area contributed by atoms with Crippen molar-refractivity contribution in [3.63, 3.8) is 0 Å². The molecule has 1 aliphatic carbocycles. The van der Waals surface area contributed by atoms with Gasteiger partial charge in [0.15, 0.2) is 0 Å². The molecule has 0 aromatic heterocycles. The molecule has 0 N–H and O–H groups in total. The van der Waals surface area contributed by atoms with Crippen LogP contribution >= 0.6 is 0 Å². The van der Waals surface area contributed by atoms with Crippen molar-refractivity contribution in [2.24, 2.45) is 11.8 Å². The van der Waals surface area contributed by atoms with E-state index in [1.165, 1.54) is 11.1 Å². The van der Waals surface area contributed by atoms with Gasteiger partial charge in [0.25, 0.3) is 0 Å². The van der Waals surface area contributed by atoms with Gasteiger partial charge in [-0.25, -0.2) is 0 Å². The van der Waals surface area contributed by atoms with E-state index in [9.17, 15) is 14.7 Å². The molecule has 1 aromatic carbocycles. The Hall–Kier alpha value is -2.36. The van der Waals surface area contributed by atoms with Gasteiger partial charge in [-0.3, -0.25) is 4.79 Å². The number of nitrogens with zero attached hydrogens (tertiary/aromatic N) is 1. The number of benzene rings is 1. The minimum atomic E-state index is -1.12. The summed E-state index contributed by atoms with van der Waals surface area (Å²) in [6.45, 7) is 1.18. The van der Waals surface area contributed by atoms with E-state index in [4.69, 9.17) is 0 Å². The highest BCUT2D eigenvalue weighted by atomic mass is 16.4. The van der Waals surface area contributed by atoms with E-state index < -0.39 is 17.8 Å². The van der Waals surface area contributed by atoms with Crippen molar-refractivity contribution in [3.05, 3.63) is 54.1 Å². The Balaban J connectivity index is 1.69. The van der Waals surface area contributed by atoms with E-state index >= 15 is 0 Å². The van der Waals surface area contributed by atoms with Crippen LogP contribution in [0.4, 0.5) is 0 Å².